The first-order valence-electron chi connectivity index (χ1n) is 29.7. The van der Waals surface area contributed by atoms with Crippen molar-refractivity contribution >= 4 is 90.7 Å². The molecule has 1 aliphatic carbocycles. The van der Waals surface area contributed by atoms with Crippen LogP contribution in [0.15, 0.2) is 114 Å². The average Bonchev–Trinajstić information content (AvgIpc) is 1.73. The van der Waals surface area contributed by atoms with Gasteiger partial charge < -0.3 is 29.6 Å². The number of sulfonamides is 1. The zero-order valence-electron chi connectivity index (χ0n) is 49.3. The molecule has 11 rings (SSSR count). The number of amides is 6. The zero-order chi connectivity index (χ0) is 62.6. The number of nitrogens with one attached hydrogen (secondary N) is 4. The Balaban J connectivity index is 0.683. The lowest BCUT2D eigenvalue weighted by molar-refractivity contribution is -0.384. The number of ether oxygens (including phenoxy) is 2. The molecule has 2 atom stereocenters. The van der Waals surface area contributed by atoms with E-state index >= 15 is 0 Å². The number of aromatic amines is 1. The third-order valence-electron chi connectivity index (χ3n) is 17.0. The number of halogens is 1. The van der Waals surface area contributed by atoms with Gasteiger partial charge in [0.1, 0.15) is 35.5 Å². The van der Waals surface area contributed by atoms with Gasteiger partial charge in [-0.25, -0.2) is 18.1 Å². The van der Waals surface area contributed by atoms with Crippen LogP contribution in [0.4, 0.5) is 17.1 Å². The monoisotopic (exact) mass is 1250 g/mol. The first-order valence-corrected chi connectivity index (χ1v) is 31.6. The van der Waals surface area contributed by atoms with Gasteiger partial charge in [0.2, 0.25) is 17.7 Å². The second-order valence-corrected chi connectivity index (χ2v) is 25.9. The van der Waals surface area contributed by atoms with Gasteiger partial charge in [-0.3, -0.25) is 54.0 Å². The molecule has 4 aromatic carbocycles. The summed E-state index contributed by atoms with van der Waals surface area (Å²) in [6.45, 7) is 9.52. The number of nitro benzene ring substituents is 1. The summed E-state index contributed by atoms with van der Waals surface area (Å²) in [5.41, 5.74) is 5.62. The molecule has 5 aliphatic rings. The summed E-state index contributed by atoms with van der Waals surface area (Å²) >= 11 is 6.27. The number of hydrogen-bond acceptors (Lipinski definition) is 16. The Kier molecular flexibility index (Phi) is 18.3. The van der Waals surface area contributed by atoms with Gasteiger partial charge in [-0.05, 0) is 128 Å². The van der Waals surface area contributed by atoms with Crippen LogP contribution in [0.3, 0.4) is 0 Å². The number of unbranched alkanes of at least 4 members (excludes halogenated alkanes) is 1. The SMILES string of the molecule is CC1(C)CCC(CN2CCN(c3ccc(C(=O)NS(=O)(=O)c4ccc(NCC5CCCN(C(=O)COCCCC#Cc6cccc7c6C(=O)N(C6CCC(=O)NC6=O)C7=O)C5)c([N+](=O)[O-])c4)c(Oc4cnc5[nH]ccc5c4)c3)CC2)=C(c2ccc(Cl)cc2)C1. The van der Waals surface area contributed by atoms with Crippen LogP contribution >= 0.6 is 11.6 Å². The minimum Gasteiger partial charge on any atom is -0.455 e. The Morgan fingerprint density at radius 3 is 2.53 bits per heavy atom. The molecule has 0 bridgehead atoms. The Labute approximate surface area is 519 Å². The van der Waals surface area contributed by atoms with Gasteiger partial charge in [-0.2, -0.15) is 0 Å². The number of pyridine rings is 1. The number of imide groups is 2. The van der Waals surface area contributed by atoms with Crippen molar-refractivity contribution in [3.63, 3.8) is 0 Å². The van der Waals surface area contributed by atoms with Crippen LogP contribution in [0.1, 0.15) is 114 Å². The number of allylic oxidation sites excluding steroid dienone is 1. The van der Waals surface area contributed by atoms with E-state index in [4.69, 9.17) is 21.1 Å². The number of nitro groups is 1. The zero-order valence-corrected chi connectivity index (χ0v) is 50.8. The minimum atomic E-state index is -4.69. The summed E-state index contributed by atoms with van der Waals surface area (Å²) in [6, 6.07) is 23.7. The summed E-state index contributed by atoms with van der Waals surface area (Å²) in [5, 5.41) is 19.2. The van der Waals surface area contributed by atoms with Crippen LogP contribution in [0, 0.1) is 33.3 Å². The number of carbonyl (C=O) groups excluding carboxylic acids is 6. The van der Waals surface area contributed by atoms with Gasteiger partial charge in [0.05, 0.1) is 32.7 Å². The van der Waals surface area contributed by atoms with Gasteiger partial charge in [0, 0.05) is 112 Å². The highest BCUT2D eigenvalue weighted by atomic mass is 35.5. The number of benzene rings is 4. The van der Waals surface area contributed by atoms with Crippen molar-refractivity contribution in [2.24, 2.45) is 11.3 Å². The van der Waals surface area contributed by atoms with Crippen LogP contribution in [0.25, 0.3) is 16.6 Å². The van der Waals surface area contributed by atoms with Crippen LogP contribution < -0.4 is 25.0 Å². The highest BCUT2D eigenvalue weighted by Gasteiger charge is 2.45. The number of fused-ring (bicyclic) bond motifs is 2. The molecule has 89 heavy (non-hydrogen) atoms. The number of H-pyrrole nitrogens is 1. The van der Waals surface area contributed by atoms with E-state index < -0.39 is 61.1 Å². The molecule has 24 heteroatoms. The van der Waals surface area contributed by atoms with E-state index in [0.29, 0.717) is 73.8 Å². The second-order valence-electron chi connectivity index (χ2n) is 23.8. The predicted octanol–water partition coefficient (Wildman–Crippen LogP) is 8.72. The summed E-state index contributed by atoms with van der Waals surface area (Å²) in [4.78, 5) is 104. The summed E-state index contributed by atoms with van der Waals surface area (Å²) in [5.74, 6) is 2.55. The Bertz CT molecular complexity index is 4020. The van der Waals surface area contributed by atoms with Crippen molar-refractivity contribution in [1.82, 2.24) is 34.7 Å². The van der Waals surface area contributed by atoms with Gasteiger partial charge in [0.25, 0.3) is 33.4 Å². The third kappa shape index (κ3) is 14.2. The van der Waals surface area contributed by atoms with Crippen LogP contribution in [-0.2, 0) is 29.1 Å². The maximum absolute atomic E-state index is 14.2. The molecule has 462 valence electrons. The lowest BCUT2D eigenvalue weighted by atomic mass is 9.72. The molecule has 0 spiro atoms. The summed E-state index contributed by atoms with van der Waals surface area (Å²) in [7, 11) is -4.69. The standard InChI is InChI=1S/C65H67ClN10O12S/c1-65(2)24-22-45(52(35-65)42-12-14-46(66)15-13-42)39-72-27-29-73(30-28-72)47-16-18-50(56(33-47)88-48-32-44-23-25-67-60(44)69-37-48)61(79)71-89(85,86)49-17-19-53(55(34-49)76(83)84)68-36-41-8-7-26-74(38-41)58(78)40-87-31-5-3-4-9-43-10-6-11-51-59(43)64(82)75(63(51)81)54-20-21-57(77)70-62(54)80/h6,10-19,23,25,32-34,37,41,54,68H,3,5,7-8,20-22,24,26-31,35-36,38-40H2,1-2H3,(H,67,69)(H,71,79)(H,70,77,80). The molecule has 3 fully saturated rings. The van der Waals surface area contributed by atoms with Gasteiger partial charge >= 0.3 is 0 Å². The van der Waals surface area contributed by atoms with E-state index in [2.05, 4.69) is 72.9 Å². The topological polar surface area (TPSA) is 276 Å². The Morgan fingerprint density at radius 1 is 0.933 bits per heavy atom. The van der Waals surface area contributed by atoms with Crippen molar-refractivity contribution in [3.8, 4) is 23.3 Å². The van der Waals surface area contributed by atoms with Gasteiger partial charge in [-0.1, -0.05) is 61.1 Å². The number of piperidine rings is 2. The number of aromatic nitrogens is 2. The number of piperazine rings is 1. The first kappa shape index (κ1) is 61.7. The molecule has 4 N–H and O–H groups in total. The number of likely N-dealkylation sites (tertiary alicyclic amines) is 1. The van der Waals surface area contributed by atoms with Crippen LogP contribution in [0.2, 0.25) is 5.02 Å². The van der Waals surface area contributed by atoms with E-state index in [1.807, 2.05) is 18.2 Å². The Hall–Kier alpha value is -8.95. The lowest BCUT2D eigenvalue weighted by Gasteiger charge is -2.39. The molecule has 2 unspecified atom stereocenters. The highest BCUT2D eigenvalue weighted by molar-refractivity contribution is 7.90. The number of carbonyl (C=O) groups is 6. The highest BCUT2D eigenvalue weighted by Crippen LogP contribution is 2.44. The molecular weight excluding hydrogens is 1180 g/mol. The summed E-state index contributed by atoms with van der Waals surface area (Å²) in [6.07, 6.45) is 8.60. The molecule has 0 saturated carbocycles. The lowest BCUT2D eigenvalue weighted by Crippen LogP contribution is -2.54. The smallest absolute Gasteiger partial charge is 0.293 e. The van der Waals surface area contributed by atoms with Crippen molar-refractivity contribution in [2.45, 2.75) is 82.6 Å². The molecule has 0 radical (unpaired) electrons. The van der Waals surface area contributed by atoms with E-state index in [9.17, 15) is 47.3 Å². The van der Waals surface area contributed by atoms with Crippen molar-refractivity contribution in [3.05, 3.63) is 152 Å². The molecular formula is C65H67ClN10O12S. The predicted molar refractivity (Wildman–Crippen MR) is 333 cm³/mol. The normalized spacial score (nSPS) is 18.8. The van der Waals surface area contributed by atoms with E-state index in [0.717, 1.165) is 60.9 Å². The largest absolute Gasteiger partial charge is 0.455 e. The maximum Gasteiger partial charge on any atom is 0.293 e. The number of hydrogen-bond donors (Lipinski definition) is 4. The maximum atomic E-state index is 14.2. The minimum absolute atomic E-state index is 0.00817. The summed E-state index contributed by atoms with van der Waals surface area (Å²) < 4.78 is 42.2. The average molecular weight is 1250 g/mol. The molecule has 3 saturated heterocycles. The van der Waals surface area contributed by atoms with E-state index in [-0.39, 0.29) is 78.0 Å². The van der Waals surface area contributed by atoms with Crippen molar-refractivity contribution in [1.29, 1.82) is 0 Å². The fraction of sp³-hybridized carbons (Fsp3) is 0.369. The van der Waals surface area contributed by atoms with Crippen LogP contribution in [0.5, 0.6) is 11.5 Å². The molecule has 6 amide bonds. The van der Waals surface area contributed by atoms with Gasteiger partial charge in [0.15, 0.2) is 0 Å². The third-order valence-corrected chi connectivity index (χ3v) is 18.6. The number of anilines is 2. The molecule has 6 aromatic rings. The van der Waals surface area contributed by atoms with E-state index in [1.165, 1.54) is 47.2 Å². The second kappa shape index (κ2) is 26.4. The fourth-order valence-corrected chi connectivity index (χ4v) is 13.3. The fourth-order valence-electron chi connectivity index (χ4n) is 12.2. The number of rotatable bonds is 19. The van der Waals surface area contributed by atoms with E-state index in [1.54, 1.807) is 41.4 Å². The first-order chi connectivity index (χ1) is 42.8. The van der Waals surface area contributed by atoms with Crippen molar-refractivity contribution < 1.29 is 51.6 Å². The Morgan fingerprint density at radius 2 is 1.74 bits per heavy atom. The molecule has 6 heterocycles. The molecule has 2 aromatic heterocycles. The van der Waals surface area contributed by atoms with Crippen LogP contribution in [-0.4, -0.2) is 145 Å². The number of nitrogens with zero attached hydrogens (tertiary/aromatic N) is 6. The molecule has 4 aliphatic heterocycles. The quantitative estimate of drug-likeness (QED) is 0.0194. The molecule has 22 nitrogen and oxygen atoms in total. The van der Waals surface area contributed by atoms with Gasteiger partial charge in [-0.15, -0.1) is 0 Å². The van der Waals surface area contributed by atoms with Crippen molar-refractivity contribution in [2.75, 3.05) is 75.8 Å².